The Kier molecular flexibility index (Phi) is 5.23. The smallest absolute Gasteiger partial charge is 0.0616 e. The molecule has 3 aliphatic rings. The molecule has 2 atom stereocenters. The summed E-state index contributed by atoms with van der Waals surface area (Å²) in [5.74, 6) is 1.50. The average Bonchev–Trinajstić information content (AvgIpc) is 3.21. The Hall–Kier alpha value is -0.120. The van der Waals surface area contributed by atoms with Crippen molar-refractivity contribution in [1.82, 2.24) is 5.32 Å². The van der Waals surface area contributed by atoms with Crippen molar-refractivity contribution in [3.63, 3.8) is 0 Å². The van der Waals surface area contributed by atoms with E-state index in [9.17, 15) is 5.11 Å². The lowest BCUT2D eigenvalue weighted by atomic mass is 9.85. The fraction of sp³-hybridized carbons (Fsp3) is 1.00. The molecule has 2 unspecified atom stereocenters. The highest BCUT2D eigenvalue weighted by molar-refractivity contribution is 5.02. The van der Waals surface area contributed by atoms with E-state index in [1.54, 1.807) is 0 Å². The van der Waals surface area contributed by atoms with Crippen LogP contribution in [0.2, 0.25) is 0 Å². The Bertz CT molecular complexity index is 323. The molecule has 0 radical (unpaired) electrons. The van der Waals surface area contributed by atoms with Crippen LogP contribution in [0.4, 0.5) is 0 Å². The summed E-state index contributed by atoms with van der Waals surface area (Å²) < 4.78 is 6.14. The van der Waals surface area contributed by atoms with Crippen molar-refractivity contribution < 1.29 is 9.84 Å². The lowest BCUT2D eigenvalue weighted by Gasteiger charge is -2.36. The van der Waals surface area contributed by atoms with Crippen LogP contribution < -0.4 is 5.32 Å². The fourth-order valence-electron chi connectivity index (χ4n) is 4.42. The molecule has 0 amide bonds. The van der Waals surface area contributed by atoms with E-state index in [4.69, 9.17) is 4.74 Å². The fourth-order valence-corrected chi connectivity index (χ4v) is 4.42. The van der Waals surface area contributed by atoms with Gasteiger partial charge in [-0.05, 0) is 69.6 Å². The van der Waals surface area contributed by atoms with Gasteiger partial charge in [0.2, 0.25) is 0 Å². The molecule has 3 fully saturated rings. The summed E-state index contributed by atoms with van der Waals surface area (Å²) in [6.07, 6.45) is 13.0. The molecule has 0 spiro atoms. The summed E-state index contributed by atoms with van der Waals surface area (Å²) in [6.45, 7) is 3.54. The minimum atomic E-state index is 0.00556. The van der Waals surface area contributed by atoms with Gasteiger partial charge in [-0.25, -0.2) is 0 Å². The van der Waals surface area contributed by atoms with E-state index in [2.05, 4.69) is 12.2 Å². The van der Waals surface area contributed by atoms with Gasteiger partial charge >= 0.3 is 0 Å². The maximum Gasteiger partial charge on any atom is 0.0616 e. The Morgan fingerprint density at radius 2 is 1.86 bits per heavy atom. The third-order valence-corrected chi connectivity index (χ3v) is 6.09. The number of ether oxygens (including phenoxy) is 1. The molecule has 0 bridgehead atoms. The van der Waals surface area contributed by atoms with E-state index in [0.29, 0.717) is 24.7 Å². The molecule has 2 N–H and O–H groups in total. The van der Waals surface area contributed by atoms with Crippen molar-refractivity contribution in [3.05, 3.63) is 0 Å². The quantitative estimate of drug-likeness (QED) is 0.757. The predicted octanol–water partition coefficient (Wildman–Crippen LogP) is 3.26. The van der Waals surface area contributed by atoms with E-state index in [1.807, 2.05) is 0 Å². The number of aliphatic hydroxyl groups is 1. The minimum absolute atomic E-state index is 0.00556. The van der Waals surface area contributed by atoms with Crippen molar-refractivity contribution in [2.75, 3.05) is 13.2 Å². The van der Waals surface area contributed by atoms with Crippen molar-refractivity contribution >= 4 is 0 Å². The van der Waals surface area contributed by atoms with Crippen LogP contribution in [-0.4, -0.2) is 36.0 Å². The Balaban J connectivity index is 1.43. The summed E-state index contributed by atoms with van der Waals surface area (Å²) in [5.41, 5.74) is 0.00556. The second-order valence-corrected chi connectivity index (χ2v) is 7.86. The van der Waals surface area contributed by atoms with E-state index < -0.39 is 0 Å². The van der Waals surface area contributed by atoms with Crippen LogP contribution in [0.15, 0.2) is 0 Å². The van der Waals surface area contributed by atoms with E-state index >= 15 is 0 Å². The number of aliphatic hydroxyl groups excluding tert-OH is 1. The first kappa shape index (κ1) is 15.8. The second kappa shape index (κ2) is 6.97. The van der Waals surface area contributed by atoms with Crippen molar-refractivity contribution in [2.45, 2.75) is 88.8 Å². The van der Waals surface area contributed by atoms with Gasteiger partial charge in [0.15, 0.2) is 0 Å². The van der Waals surface area contributed by atoms with Gasteiger partial charge in [-0.1, -0.05) is 13.3 Å². The van der Waals surface area contributed by atoms with Crippen LogP contribution in [0.25, 0.3) is 0 Å². The second-order valence-electron chi connectivity index (χ2n) is 7.86. The van der Waals surface area contributed by atoms with Crippen LogP contribution in [0.1, 0.15) is 71.1 Å². The van der Waals surface area contributed by atoms with Gasteiger partial charge in [0.25, 0.3) is 0 Å². The number of nitrogens with one attached hydrogen (secondary N) is 1. The molecule has 3 nitrogen and oxygen atoms in total. The zero-order valence-electron chi connectivity index (χ0n) is 13.7. The number of rotatable bonds is 7. The van der Waals surface area contributed by atoms with Crippen LogP contribution in [0, 0.1) is 11.8 Å². The third kappa shape index (κ3) is 4.00. The normalized spacial score (nSPS) is 40.6. The molecule has 0 aliphatic heterocycles. The molecule has 0 aromatic rings. The van der Waals surface area contributed by atoms with Gasteiger partial charge in [0, 0.05) is 18.2 Å². The minimum Gasteiger partial charge on any atom is -0.394 e. The van der Waals surface area contributed by atoms with E-state index in [0.717, 1.165) is 25.4 Å². The Morgan fingerprint density at radius 3 is 2.52 bits per heavy atom. The molecular weight excluding hydrogens is 262 g/mol. The lowest BCUT2D eigenvalue weighted by Crippen LogP contribution is -2.52. The van der Waals surface area contributed by atoms with Gasteiger partial charge in [-0.15, -0.1) is 0 Å². The van der Waals surface area contributed by atoms with Crippen LogP contribution in [-0.2, 0) is 4.74 Å². The average molecular weight is 295 g/mol. The topological polar surface area (TPSA) is 41.5 Å². The molecule has 0 aromatic heterocycles. The summed E-state index contributed by atoms with van der Waals surface area (Å²) >= 11 is 0. The molecule has 0 heterocycles. The zero-order valence-corrected chi connectivity index (χ0v) is 13.7. The van der Waals surface area contributed by atoms with Gasteiger partial charge in [-0.3, -0.25) is 0 Å². The van der Waals surface area contributed by atoms with E-state index in [1.165, 1.54) is 51.4 Å². The summed E-state index contributed by atoms with van der Waals surface area (Å²) in [5, 5.41) is 13.7. The molecule has 0 aromatic carbocycles. The third-order valence-electron chi connectivity index (χ3n) is 6.09. The first-order valence-corrected chi connectivity index (χ1v) is 9.22. The van der Waals surface area contributed by atoms with Crippen LogP contribution in [0.3, 0.4) is 0 Å². The highest BCUT2D eigenvalue weighted by Gasteiger charge is 2.44. The SMILES string of the molecule is CC1CCC(OCCC2CCCC2(CO)NC2CC2)CC1. The molecule has 3 saturated carbocycles. The van der Waals surface area contributed by atoms with Crippen LogP contribution >= 0.6 is 0 Å². The molecule has 3 heteroatoms. The van der Waals surface area contributed by atoms with Gasteiger partial charge < -0.3 is 15.2 Å². The van der Waals surface area contributed by atoms with Crippen molar-refractivity contribution in [2.24, 2.45) is 11.8 Å². The van der Waals surface area contributed by atoms with Crippen molar-refractivity contribution in [1.29, 1.82) is 0 Å². The predicted molar refractivity (Wildman–Crippen MR) is 85.3 cm³/mol. The van der Waals surface area contributed by atoms with Gasteiger partial charge in [0.05, 0.1) is 12.7 Å². The van der Waals surface area contributed by atoms with Crippen molar-refractivity contribution in [3.8, 4) is 0 Å². The maximum absolute atomic E-state index is 9.94. The molecule has 21 heavy (non-hydrogen) atoms. The lowest BCUT2D eigenvalue weighted by molar-refractivity contribution is 0.00489. The Morgan fingerprint density at radius 1 is 1.10 bits per heavy atom. The molecule has 0 saturated heterocycles. The molecular formula is C18H33NO2. The first-order chi connectivity index (χ1) is 10.2. The molecule has 3 aliphatic carbocycles. The first-order valence-electron chi connectivity index (χ1n) is 9.22. The highest BCUT2D eigenvalue weighted by atomic mass is 16.5. The van der Waals surface area contributed by atoms with Gasteiger partial charge in [0.1, 0.15) is 0 Å². The summed E-state index contributed by atoms with van der Waals surface area (Å²) in [4.78, 5) is 0. The Labute approximate surface area is 129 Å². The number of hydrogen-bond acceptors (Lipinski definition) is 3. The summed E-state index contributed by atoms with van der Waals surface area (Å²) in [7, 11) is 0. The molecule has 122 valence electrons. The standard InChI is InChI=1S/C18H33NO2/c1-14-4-8-17(9-5-14)21-12-10-15-3-2-11-18(15,13-20)19-16-6-7-16/h14-17,19-20H,2-13H2,1H3. The highest BCUT2D eigenvalue weighted by Crippen LogP contribution is 2.40. The maximum atomic E-state index is 9.94. The molecule has 3 rings (SSSR count). The summed E-state index contributed by atoms with van der Waals surface area (Å²) in [6, 6.07) is 0.679. The zero-order chi connectivity index (χ0) is 14.7. The van der Waals surface area contributed by atoms with Gasteiger partial charge in [-0.2, -0.15) is 0 Å². The van der Waals surface area contributed by atoms with Crippen LogP contribution in [0.5, 0.6) is 0 Å². The monoisotopic (exact) mass is 295 g/mol. The number of hydrogen-bond donors (Lipinski definition) is 2. The van der Waals surface area contributed by atoms with E-state index in [-0.39, 0.29) is 5.54 Å². The largest absolute Gasteiger partial charge is 0.394 e.